The Kier molecular flexibility index (Phi) is 10.8. The maximum atomic E-state index is 4.90. The first-order chi connectivity index (χ1) is 29.5. The van der Waals surface area contributed by atoms with E-state index in [1.54, 1.807) is 0 Å². The van der Waals surface area contributed by atoms with Gasteiger partial charge in [-0.1, -0.05) is 187 Å². The molecule has 0 aliphatic carbocycles. The van der Waals surface area contributed by atoms with Crippen LogP contribution < -0.4 is 0 Å². The average molecular weight is 772 g/mol. The van der Waals surface area contributed by atoms with Gasteiger partial charge >= 0.3 is 0 Å². The number of rotatable bonds is 4. The Morgan fingerprint density at radius 2 is 0.950 bits per heavy atom. The summed E-state index contributed by atoms with van der Waals surface area (Å²) in [4.78, 5) is 9.64. The van der Waals surface area contributed by atoms with Gasteiger partial charge in [0, 0.05) is 39.0 Å². The molecule has 0 spiro atoms. The number of fused-ring (bicyclic) bond motifs is 6. The summed E-state index contributed by atoms with van der Waals surface area (Å²) in [6.45, 7) is 6.31. The molecule has 60 heavy (non-hydrogen) atoms. The van der Waals surface area contributed by atoms with Crippen molar-refractivity contribution in [2.24, 2.45) is 0 Å². The molecule has 11 aromatic rings. The lowest BCUT2D eigenvalue weighted by Gasteiger charge is -2.14. The molecule has 0 saturated heterocycles. The largest absolute Gasteiger partial charge is 0.309 e. The summed E-state index contributed by atoms with van der Waals surface area (Å²) in [5, 5.41) is 6.05. The van der Waals surface area contributed by atoms with E-state index in [1.807, 2.05) is 66.9 Å². The third-order valence-corrected chi connectivity index (χ3v) is 10.9. The third-order valence-electron chi connectivity index (χ3n) is 10.9. The van der Waals surface area contributed by atoms with Crippen LogP contribution in [0.25, 0.3) is 82.8 Å². The first kappa shape index (κ1) is 37.9. The molecule has 11 rings (SSSR count). The fourth-order valence-corrected chi connectivity index (χ4v) is 8.03. The van der Waals surface area contributed by atoms with E-state index in [9.17, 15) is 0 Å². The standard InChI is InChI=1S/C43H29N3.2C7H8/c1-28-23-32(25-33(24-28)43-44-27-31-12-6-10-18-40(31)45-43)36-16-9-8-15-35(36)30-20-21-38-39-22-19-29-11-5-7-17-37(29)42(39)46(41(38)26-30)34-13-3-2-4-14-34;2*1-7-5-3-2-4-6-7/h2-27H,1H3;2*2-6H,1H3. The van der Waals surface area contributed by atoms with Gasteiger partial charge in [0.1, 0.15) is 0 Å². The van der Waals surface area contributed by atoms with Crippen LogP contribution in [0.1, 0.15) is 16.7 Å². The van der Waals surface area contributed by atoms with Crippen LogP contribution in [0.5, 0.6) is 0 Å². The normalized spacial score (nSPS) is 10.9. The predicted molar refractivity (Wildman–Crippen MR) is 255 cm³/mol. The van der Waals surface area contributed by atoms with Crippen LogP contribution in [0.15, 0.2) is 219 Å². The van der Waals surface area contributed by atoms with Crippen molar-refractivity contribution in [3.63, 3.8) is 0 Å². The molecular weight excluding hydrogens is 727 g/mol. The van der Waals surface area contributed by atoms with E-state index in [0.29, 0.717) is 0 Å². The minimum atomic E-state index is 0.738. The monoisotopic (exact) mass is 771 g/mol. The Bertz CT molecular complexity index is 3180. The lowest BCUT2D eigenvalue weighted by atomic mass is 9.92. The topological polar surface area (TPSA) is 30.7 Å². The lowest BCUT2D eigenvalue weighted by molar-refractivity contribution is 1.19. The van der Waals surface area contributed by atoms with E-state index >= 15 is 0 Å². The zero-order chi connectivity index (χ0) is 40.8. The highest BCUT2D eigenvalue weighted by molar-refractivity contribution is 6.19. The molecule has 0 radical (unpaired) electrons. The number of benzene rings is 9. The maximum Gasteiger partial charge on any atom is 0.159 e. The SMILES string of the molecule is Cc1cc(-c2ncc3ccccc3n2)cc(-c2ccccc2-c2ccc3c4ccc5ccccc5c4n(-c4ccccc4)c3c2)c1.Cc1ccccc1.Cc1ccccc1. The van der Waals surface area contributed by atoms with Crippen molar-refractivity contribution < 1.29 is 0 Å². The Hall–Kier alpha value is -7.62. The van der Waals surface area contributed by atoms with Crippen LogP contribution in [-0.2, 0) is 0 Å². The van der Waals surface area contributed by atoms with Crippen molar-refractivity contribution >= 4 is 43.5 Å². The highest BCUT2D eigenvalue weighted by Crippen LogP contribution is 2.40. The zero-order valence-electron chi connectivity index (χ0n) is 34.1. The summed E-state index contributed by atoms with van der Waals surface area (Å²) in [6, 6.07) is 74.9. The Morgan fingerprint density at radius 3 is 1.63 bits per heavy atom. The van der Waals surface area contributed by atoms with Gasteiger partial charge in [-0.05, 0) is 90.4 Å². The average Bonchev–Trinajstić information content (AvgIpc) is 3.64. The van der Waals surface area contributed by atoms with Crippen LogP contribution in [0, 0.1) is 20.8 Å². The molecule has 3 nitrogen and oxygen atoms in total. The van der Waals surface area contributed by atoms with Crippen molar-refractivity contribution in [3.05, 3.63) is 235 Å². The Balaban J connectivity index is 0.000000280. The van der Waals surface area contributed by atoms with Gasteiger partial charge in [0.05, 0.1) is 16.6 Å². The molecule has 0 aliphatic rings. The summed E-state index contributed by atoms with van der Waals surface area (Å²) in [7, 11) is 0. The van der Waals surface area contributed by atoms with Crippen LogP contribution in [0.4, 0.5) is 0 Å². The van der Waals surface area contributed by atoms with Gasteiger partial charge in [-0.2, -0.15) is 0 Å². The zero-order valence-corrected chi connectivity index (χ0v) is 34.1. The number of para-hydroxylation sites is 2. The van der Waals surface area contributed by atoms with Gasteiger partial charge in [0.25, 0.3) is 0 Å². The first-order valence-corrected chi connectivity index (χ1v) is 20.5. The summed E-state index contributed by atoms with van der Waals surface area (Å²) in [6.07, 6.45) is 1.91. The van der Waals surface area contributed by atoms with E-state index in [1.165, 1.54) is 66.0 Å². The minimum Gasteiger partial charge on any atom is -0.309 e. The highest BCUT2D eigenvalue weighted by Gasteiger charge is 2.17. The molecule has 3 heteroatoms. The molecule has 288 valence electrons. The van der Waals surface area contributed by atoms with Gasteiger partial charge in [0.2, 0.25) is 0 Å². The molecule has 0 amide bonds. The quantitative estimate of drug-likeness (QED) is 0.178. The number of hydrogen-bond donors (Lipinski definition) is 0. The molecule has 2 heterocycles. The molecule has 0 atom stereocenters. The van der Waals surface area contributed by atoms with E-state index < -0.39 is 0 Å². The molecule has 2 aromatic heterocycles. The Morgan fingerprint density at radius 1 is 0.383 bits per heavy atom. The summed E-state index contributed by atoms with van der Waals surface area (Å²) in [5.41, 5.74) is 14.1. The number of nitrogens with zero attached hydrogens (tertiary/aromatic N) is 3. The predicted octanol–water partition coefficient (Wildman–Crippen LogP) is 15.2. The van der Waals surface area contributed by atoms with Gasteiger partial charge in [-0.3, -0.25) is 0 Å². The van der Waals surface area contributed by atoms with Gasteiger partial charge in [-0.15, -0.1) is 0 Å². The number of aryl methyl sites for hydroxylation is 3. The van der Waals surface area contributed by atoms with E-state index in [-0.39, 0.29) is 0 Å². The second kappa shape index (κ2) is 17.1. The van der Waals surface area contributed by atoms with Crippen LogP contribution in [-0.4, -0.2) is 14.5 Å². The molecule has 0 bridgehead atoms. The molecule has 0 fully saturated rings. The van der Waals surface area contributed by atoms with Gasteiger partial charge < -0.3 is 4.57 Å². The van der Waals surface area contributed by atoms with E-state index in [0.717, 1.165) is 33.5 Å². The molecule has 0 saturated carbocycles. The van der Waals surface area contributed by atoms with Crippen LogP contribution in [0.2, 0.25) is 0 Å². The highest BCUT2D eigenvalue weighted by atomic mass is 15.0. The van der Waals surface area contributed by atoms with E-state index in [2.05, 4.69) is 177 Å². The number of aromatic nitrogens is 3. The van der Waals surface area contributed by atoms with Gasteiger partial charge in [0.15, 0.2) is 5.82 Å². The molecule has 9 aromatic carbocycles. The van der Waals surface area contributed by atoms with Crippen molar-refractivity contribution in [2.75, 3.05) is 0 Å². The van der Waals surface area contributed by atoms with Crippen LogP contribution in [0.3, 0.4) is 0 Å². The van der Waals surface area contributed by atoms with Gasteiger partial charge in [-0.25, -0.2) is 9.97 Å². The maximum absolute atomic E-state index is 4.90. The smallest absolute Gasteiger partial charge is 0.159 e. The van der Waals surface area contributed by atoms with Crippen LogP contribution >= 0.6 is 0 Å². The minimum absolute atomic E-state index is 0.738. The lowest BCUT2D eigenvalue weighted by Crippen LogP contribution is -1.95. The molecular formula is C57H45N3. The summed E-state index contributed by atoms with van der Waals surface area (Å²) in [5.74, 6) is 0.738. The van der Waals surface area contributed by atoms with Crippen molar-refractivity contribution in [1.29, 1.82) is 0 Å². The Labute approximate surface area is 351 Å². The summed E-state index contributed by atoms with van der Waals surface area (Å²) >= 11 is 0. The molecule has 0 unspecified atom stereocenters. The number of hydrogen-bond acceptors (Lipinski definition) is 2. The molecule has 0 N–H and O–H groups in total. The fraction of sp³-hybridized carbons (Fsp3) is 0.0526. The summed E-state index contributed by atoms with van der Waals surface area (Å²) < 4.78 is 2.43. The molecule has 0 aliphatic heterocycles. The van der Waals surface area contributed by atoms with Crippen molar-refractivity contribution in [2.45, 2.75) is 20.8 Å². The fourth-order valence-electron chi connectivity index (χ4n) is 8.03. The van der Waals surface area contributed by atoms with Crippen molar-refractivity contribution in [1.82, 2.24) is 14.5 Å². The van der Waals surface area contributed by atoms with E-state index in [4.69, 9.17) is 9.97 Å². The van der Waals surface area contributed by atoms with Crippen molar-refractivity contribution in [3.8, 4) is 39.3 Å². The third kappa shape index (κ3) is 7.94. The second-order valence-corrected chi connectivity index (χ2v) is 15.3. The first-order valence-electron chi connectivity index (χ1n) is 20.5. The second-order valence-electron chi connectivity index (χ2n) is 15.3.